The first-order valence-electron chi connectivity index (χ1n) is 5.80. The van der Waals surface area contributed by atoms with E-state index in [2.05, 4.69) is 0 Å². The van der Waals surface area contributed by atoms with Crippen molar-refractivity contribution in [2.24, 2.45) is 0 Å². The van der Waals surface area contributed by atoms with Crippen LogP contribution in [0.3, 0.4) is 0 Å². The smallest absolute Gasteiger partial charge is 0.131 e. The van der Waals surface area contributed by atoms with Gasteiger partial charge >= 0.3 is 0 Å². The van der Waals surface area contributed by atoms with Gasteiger partial charge in [-0.3, -0.25) is 0 Å². The van der Waals surface area contributed by atoms with Crippen LogP contribution in [0.5, 0.6) is 0 Å². The van der Waals surface area contributed by atoms with Gasteiger partial charge in [0.15, 0.2) is 0 Å². The third kappa shape index (κ3) is 2.44. The standard InChI is InChI=1S/C16H16O/c1-12-7-9-14(10-8-12)16(11-17)15-6-4-3-5-13(15)2/h3-11,16H,1-2H3. The minimum Gasteiger partial charge on any atom is -0.302 e. The van der Waals surface area contributed by atoms with Gasteiger partial charge in [0.1, 0.15) is 6.29 Å². The maximum atomic E-state index is 11.3. The minimum atomic E-state index is -0.156. The third-order valence-corrected chi connectivity index (χ3v) is 3.10. The Bertz CT molecular complexity index is 511. The van der Waals surface area contributed by atoms with Crippen LogP contribution in [0, 0.1) is 13.8 Å². The molecule has 1 unspecified atom stereocenters. The van der Waals surface area contributed by atoms with Crippen molar-refractivity contribution < 1.29 is 4.79 Å². The van der Waals surface area contributed by atoms with Gasteiger partial charge in [-0.05, 0) is 30.5 Å². The minimum absolute atomic E-state index is 0.156. The van der Waals surface area contributed by atoms with E-state index in [0.717, 1.165) is 23.0 Å². The number of aryl methyl sites for hydroxylation is 2. The van der Waals surface area contributed by atoms with Crippen molar-refractivity contribution in [2.75, 3.05) is 0 Å². The lowest BCUT2D eigenvalue weighted by molar-refractivity contribution is -0.108. The molecule has 0 fully saturated rings. The van der Waals surface area contributed by atoms with Crippen LogP contribution >= 0.6 is 0 Å². The molecule has 0 saturated heterocycles. The molecule has 0 N–H and O–H groups in total. The van der Waals surface area contributed by atoms with Gasteiger partial charge in [-0.25, -0.2) is 0 Å². The van der Waals surface area contributed by atoms with Crippen LogP contribution in [0.2, 0.25) is 0 Å². The van der Waals surface area contributed by atoms with E-state index in [0.29, 0.717) is 0 Å². The fourth-order valence-corrected chi connectivity index (χ4v) is 2.04. The quantitative estimate of drug-likeness (QED) is 0.727. The number of rotatable bonds is 3. The van der Waals surface area contributed by atoms with E-state index in [1.54, 1.807) is 0 Å². The first-order chi connectivity index (χ1) is 8.22. The topological polar surface area (TPSA) is 17.1 Å². The summed E-state index contributed by atoms with van der Waals surface area (Å²) in [6.45, 7) is 4.09. The molecule has 0 radical (unpaired) electrons. The predicted molar refractivity (Wildman–Crippen MR) is 70.3 cm³/mol. The van der Waals surface area contributed by atoms with Crippen LogP contribution in [-0.2, 0) is 4.79 Å². The monoisotopic (exact) mass is 224 g/mol. The van der Waals surface area contributed by atoms with Crippen LogP contribution < -0.4 is 0 Å². The summed E-state index contributed by atoms with van der Waals surface area (Å²) in [7, 11) is 0. The largest absolute Gasteiger partial charge is 0.302 e. The van der Waals surface area contributed by atoms with Gasteiger partial charge < -0.3 is 4.79 Å². The van der Waals surface area contributed by atoms with Gasteiger partial charge in [0.05, 0.1) is 5.92 Å². The van der Waals surface area contributed by atoms with E-state index < -0.39 is 0 Å². The zero-order valence-electron chi connectivity index (χ0n) is 10.2. The molecule has 1 atom stereocenters. The summed E-state index contributed by atoms with van der Waals surface area (Å²) < 4.78 is 0. The van der Waals surface area contributed by atoms with Crippen LogP contribution in [0.25, 0.3) is 0 Å². The normalized spacial score (nSPS) is 12.1. The number of carbonyl (C=O) groups excluding carboxylic acids is 1. The molecule has 0 amide bonds. The molecule has 0 aliphatic rings. The predicted octanol–water partition coefficient (Wildman–Crippen LogP) is 3.63. The fraction of sp³-hybridized carbons (Fsp3) is 0.188. The second-order valence-electron chi connectivity index (χ2n) is 4.38. The van der Waals surface area contributed by atoms with Gasteiger partial charge in [0, 0.05) is 0 Å². The van der Waals surface area contributed by atoms with Crippen molar-refractivity contribution >= 4 is 6.29 Å². The van der Waals surface area contributed by atoms with E-state index in [1.165, 1.54) is 5.56 Å². The summed E-state index contributed by atoms with van der Waals surface area (Å²) in [6, 6.07) is 16.2. The molecule has 0 spiro atoms. The average molecular weight is 224 g/mol. The molecule has 1 nitrogen and oxygen atoms in total. The highest BCUT2D eigenvalue weighted by Gasteiger charge is 2.14. The summed E-state index contributed by atoms with van der Waals surface area (Å²) in [6.07, 6.45) is 1.02. The van der Waals surface area contributed by atoms with Crippen molar-refractivity contribution in [1.29, 1.82) is 0 Å². The second kappa shape index (κ2) is 4.96. The Balaban J connectivity index is 2.44. The summed E-state index contributed by atoms with van der Waals surface area (Å²) >= 11 is 0. The highest BCUT2D eigenvalue weighted by atomic mass is 16.1. The summed E-state index contributed by atoms with van der Waals surface area (Å²) in [5.41, 5.74) is 4.51. The van der Waals surface area contributed by atoms with E-state index in [1.807, 2.05) is 62.4 Å². The molecule has 0 aromatic heterocycles. The van der Waals surface area contributed by atoms with Crippen molar-refractivity contribution in [3.8, 4) is 0 Å². The Hall–Kier alpha value is -1.89. The third-order valence-electron chi connectivity index (χ3n) is 3.10. The maximum absolute atomic E-state index is 11.3. The Morgan fingerprint density at radius 1 is 0.941 bits per heavy atom. The number of hydrogen-bond donors (Lipinski definition) is 0. The number of benzene rings is 2. The average Bonchev–Trinajstić information content (AvgIpc) is 2.35. The Labute approximate surface area is 102 Å². The van der Waals surface area contributed by atoms with Crippen molar-refractivity contribution in [2.45, 2.75) is 19.8 Å². The summed E-state index contributed by atoms with van der Waals surface area (Å²) in [5, 5.41) is 0. The molecule has 0 aliphatic carbocycles. The molecular formula is C16H16O. The van der Waals surface area contributed by atoms with E-state index in [-0.39, 0.29) is 5.92 Å². The van der Waals surface area contributed by atoms with Crippen LogP contribution in [-0.4, -0.2) is 6.29 Å². The molecule has 1 heteroatoms. The SMILES string of the molecule is Cc1ccc(C(C=O)c2ccccc2C)cc1. The number of aldehydes is 1. The lowest BCUT2D eigenvalue weighted by Gasteiger charge is -2.14. The van der Waals surface area contributed by atoms with Gasteiger partial charge in [-0.15, -0.1) is 0 Å². The molecule has 2 aromatic rings. The zero-order chi connectivity index (χ0) is 12.3. The van der Waals surface area contributed by atoms with Gasteiger partial charge in [0.2, 0.25) is 0 Å². The molecule has 17 heavy (non-hydrogen) atoms. The Kier molecular flexibility index (Phi) is 3.38. The zero-order valence-corrected chi connectivity index (χ0v) is 10.2. The number of carbonyl (C=O) groups is 1. The van der Waals surface area contributed by atoms with Gasteiger partial charge in [-0.2, -0.15) is 0 Å². The van der Waals surface area contributed by atoms with Crippen molar-refractivity contribution in [1.82, 2.24) is 0 Å². The molecule has 2 aromatic carbocycles. The van der Waals surface area contributed by atoms with Crippen molar-refractivity contribution in [3.63, 3.8) is 0 Å². The summed E-state index contributed by atoms with van der Waals surface area (Å²) in [4.78, 5) is 11.3. The maximum Gasteiger partial charge on any atom is 0.131 e. The lowest BCUT2D eigenvalue weighted by atomic mass is 9.89. The van der Waals surface area contributed by atoms with Crippen LogP contribution in [0.1, 0.15) is 28.2 Å². The fourth-order valence-electron chi connectivity index (χ4n) is 2.04. The lowest BCUT2D eigenvalue weighted by Crippen LogP contribution is -2.04. The first kappa shape index (κ1) is 11.6. The molecule has 0 saturated carbocycles. The van der Waals surface area contributed by atoms with E-state index >= 15 is 0 Å². The van der Waals surface area contributed by atoms with Crippen LogP contribution in [0.15, 0.2) is 48.5 Å². The van der Waals surface area contributed by atoms with Gasteiger partial charge in [0.25, 0.3) is 0 Å². The molecule has 0 bridgehead atoms. The second-order valence-corrected chi connectivity index (χ2v) is 4.38. The highest BCUT2D eigenvalue weighted by molar-refractivity contribution is 5.69. The molecule has 2 rings (SSSR count). The van der Waals surface area contributed by atoms with E-state index in [9.17, 15) is 4.79 Å². The van der Waals surface area contributed by atoms with Gasteiger partial charge in [-0.1, -0.05) is 54.1 Å². The molecule has 86 valence electrons. The Morgan fingerprint density at radius 2 is 1.59 bits per heavy atom. The molecule has 0 aliphatic heterocycles. The van der Waals surface area contributed by atoms with Crippen LogP contribution in [0.4, 0.5) is 0 Å². The highest BCUT2D eigenvalue weighted by Crippen LogP contribution is 2.25. The number of hydrogen-bond acceptors (Lipinski definition) is 1. The Morgan fingerprint density at radius 3 is 2.18 bits per heavy atom. The molecular weight excluding hydrogens is 208 g/mol. The first-order valence-corrected chi connectivity index (χ1v) is 5.80. The summed E-state index contributed by atoms with van der Waals surface area (Å²) in [5.74, 6) is -0.156. The van der Waals surface area contributed by atoms with E-state index in [4.69, 9.17) is 0 Å². The van der Waals surface area contributed by atoms with Crippen molar-refractivity contribution in [3.05, 3.63) is 70.8 Å². The molecule has 0 heterocycles.